The molecule has 2 atom stereocenters. The average molecular weight is 377 g/mol. The van der Waals surface area contributed by atoms with Crippen LogP contribution in [0.2, 0.25) is 0 Å². The summed E-state index contributed by atoms with van der Waals surface area (Å²) >= 11 is 0. The fourth-order valence-corrected chi connectivity index (χ4v) is 2.97. The standard InChI is InChI=1S/C20H31N3O4/c1-20(2,3)27-19(26)22-16(12-15-8-5-4-6-9-15)17(24)13-21-14-23-11-7-10-18(23)25/h4-6,8-9,16-17,21,24H,7,10-14H2,1-3H3,(H,22,26)/t16-,17+/m0/s1. The molecule has 2 amide bonds. The number of hydrogen-bond donors (Lipinski definition) is 3. The second-order valence-corrected chi connectivity index (χ2v) is 7.88. The Bertz CT molecular complexity index is 615. The minimum atomic E-state index is -0.824. The minimum absolute atomic E-state index is 0.129. The number of benzene rings is 1. The molecule has 0 radical (unpaired) electrons. The molecule has 1 aromatic rings. The first kappa shape index (κ1) is 21.2. The molecular weight excluding hydrogens is 346 g/mol. The zero-order valence-electron chi connectivity index (χ0n) is 16.4. The predicted molar refractivity (Wildman–Crippen MR) is 103 cm³/mol. The summed E-state index contributed by atoms with van der Waals surface area (Å²) in [4.78, 5) is 25.6. The SMILES string of the molecule is CC(C)(C)OC(=O)N[C@@H](Cc1ccccc1)[C@H](O)CNCN1CCCC1=O. The van der Waals surface area contributed by atoms with Crippen LogP contribution in [0.1, 0.15) is 39.2 Å². The van der Waals surface area contributed by atoms with E-state index in [1.807, 2.05) is 30.3 Å². The molecule has 1 aliphatic heterocycles. The lowest BCUT2D eigenvalue weighted by atomic mass is 10.0. The lowest BCUT2D eigenvalue weighted by Crippen LogP contribution is -2.51. The highest BCUT2D eigenvalue weighted by Crippen LogP contribution is 2.11. The van der Waals surface area contributed by atoms with E-state index < -0.39 is 23.8 Å². The molecule has 27 heavy (non-hydrogen) atoms. The third-order valence-electron chi connectivity index (χ3n) is 4.29. The molecule has 1 aromatic carbocycles. The first-order valence-electron chi connectivity index (χ1n) is 9.44. The number of aliphatic hydroxyl groups excluding tert-OH is 1. The smallest absolute Gasteiger partial charge is 0.407 e. The molecule has 1 aliphatic rings. The largest absolute Gasteiger partial charge is 0.444 e. The van der Waals surface area contributed by atoms with Crippen LogP contribution in [-0.4, -0.2) is 59.5 Å². The average Bonchev–Trinajstić information content (AvgIpc) is 2.98. The normalized spacial score (nSPS) is 16.9. The van der Waals surface area contributed by atoms with Gasteiger partial charge in [0.25, 0.3) is 0 Å². The van der Waals surface area contributed by atoms with Gasteiger partial charge in [0, 0.05) is 19.5 Å². The number of likely N-dealkylation sites (tertiary alicyclic amines) is 1. The summed E-state index contributed by atoms with van der Waals surface area (Å²) in [5.41, 5.74) is 0.396. The van der Waals surface area contributed by atoms with Crippen LogP contribution in [0.3, 0.4) is 0 Å². The minimum Gasteiger partial charge on any atom is -0.444 e. The number of aliphatic hydroxyl groups is 1. The van der Waals surface area contributed by atoms with Crippen molar-refractivity contribution in [3.05, 3.63) is 35.9 Å². The van der Waals surface area contributed by atoms with Crippen molar-refractivity contribution in [2.75, 3.05) is 19.8 Å². The highest BCUT2D eigenvalue weighted by Gasteiger charge is 2.25. The molecule has 1 fully saturated rings. The number of ether oxygens (including phenoxy) is 1. The Balaban J connectivity index is 1.92. The van der Waals surface area contributed by atoms with Gasteiger partial charge in [0.2, 0.25) is 5.91 Å². The van der Waals surface area contributed by atoms with Crippen LogP contribution in [0.5, 0.6) is 0 Å². The van der Waals surface area contributed by atoms with E-state index in [0.29, 0.717) is 19.5 Å². The molecule has 1 heterocycles. The number of amides is 2. The van der Waals surface area contributed by atoms with E-state index in [2.05, 4.69) is 10.6 Å². The number of nitrogens with zero attached hydrogens (tertiary/aromatic N) is 1. The topological polar surface area (TPSA) is 90.9 Å². The van der Waals surface area contributed by atoms with E-state index in [-0.39, 0.29) is 12.5 Å². The number of hydrogen-bond acceptors (Lipinski definition) is 5. The van der Waals surface area contributed by atoms with Gasteiger partial charge in [0.05, 0.1) is 18.8 Å². The lowest BCUT2D eigenvalue weighted by Gasteiger charge is -2.27. The summed E-state index contributed by atoms with van der Waals surface area (Å²) in [6, 6.07) is 9.15. The second-order valence-electron chi connectivity index (χ2n) is 7.88. The highest BCUT2D eigenvalue weighted by molar-refractivity contribution is 5.77. The maximum Gasteiger partial charge on any atom is 0.407 e. The van der Waals surface area contributed by atoms with E-state index in [4.69, 9.17) is 4.74 Å². The Kier molecular flexibility index (Phi) is 7.62. The Labute approximate surface area is 161 Å². The van der Waals surface area contributed by atoms with Crippen molar-refractivity contribution >= 4 is 12.0 Å². The fraction of sp³-hybridized carbons (Fsp3) is 0.600. The van der Waals surface area contributed by atoms with Crippen LogP contribution in [0.15, 0.2) is 30.3 Å². The number of carbonyl (C=O) groups is 2. The van der Waals surface area contributed by atoms with E-state index in [9.17, 15) is 14.7 Å². The van der Waals surface area contributed by atoms with Crippen LogP contribution < -0.4 is 10.6 Å². The zero-order chi connectivity index (χ0) is 19.9. The predicted octanol–water partition coefficient (Wildman–Crippen LogP) is 1.65. The van der Waals surface area contributed by atoms with Crippen LogP contribution in [-0.2, 0) is 16.0 Å². The summed E-state index contributed by atoms with van der Waals surface area (Å²) < 4.78 is 5.32. The van der Waals surface area contributed by atoms with Crippen LogP contribution in [0.4, 0.5) is 4.79 Å². The monoisotopic (exact) mass is 377 g/mol. The van der Waals surface area contributed by atoms with Gasteiger partial charge in [0.1, 0.15) is 5.60 Å². The second kappa shape index (κ2) is 9.71. The van der Waals surface area contributed by atoms with E-state index in [0.717, 1.165) is 18.5 Å². The van der Waals surface area contributed by atoms with Gasteiger partial charge in [-0.25, -0.2) is 4.79 Å². The Morgan fingerprint density at radius 3 is 2.59 bits per heavy atom. The quantitative estimate of drug-likeness (QED) is 0.641. The van der Waals surface area contributed by atoms with Crippen molar-refractivity contribution in [2.24, 2.45) is 0 Å². The Morgan fingerprint density at radius 1 is 1.30 bits per heavy atom. The molecule has 0 aliphatic carbocycles. The van der Waals surface area contributed by atoms with E-state index in [1.54, 1.807) is 25.7 Å². The molecule has 7 nitrogen and oxygen atoms in total. The maximum atomic E-state index is 12.2. The number of nitrogens with one attached hydrogen (secondary N) is 2. The first-order chi connectivity index (χ1) is 12.7. The molecule has 2 rings (SSSR count). The molecule has 0 bridgehead atoms. The van der Waals surface area contributed by atoms with Crippen molar-refractivity contribution in [3.63, 3.8) is 0 Å². The molecule has 0 spiro atoms. The third-order valence-corrected chi connectivity index (χ3v) is 4.29. The molecule has 1 saturated heterocycles. The van der Waals surface area contributed by atoms with Crippen LogP contribution in [0, 0.1) is 0 Å². The number of rotatable bonds is 8. The number of alkyl carbamates (subject to hydrolysis) is 1. The summed E-state index contributed by atoms with van der Waals surface area (Å²) in [5, 5.41) is 16.5. The summed E-state index contributed by atoms with van der Waals surface area (Å²) in [6.07, 6.45) is 0.555. The van der Waals surface area contributed by atoms with Gasteiger partial charge in [-0.15, -0.1) is 0 Å². The van der Waals surface area contributed by atoms with Crippen molar-refractivity contribution in [3.8, 4) is 0 Å². The third kappa shape index (κ3) is 7.56. The number of carbonyl (C=O) groups excluding carboxylic acids is 2. The summed E-state index contributed by atoms with van der Waals surface area (Å²) in [5.74, 6) is 0.129. The van der Waals surface area contributed by atoms with Crippen molar-refractivity contribution in [2.45, 2.75) is 57.8 Å². The van der Waals surface area contributed by atoms with Gasteiger partial charge in [-0.3, -0.25) is 10.1 Å². The maximum absolute atomic E-state index is 12.2. The molecule has 0 saturated carbocycles. The Hall–Kier alpha value is -2.12. The molecule has 0 aromatic heterocycles. The first-order valence-corrected chi connectivity index (χ1v) is 9.44. The van der Waals surface area contributed by atoms with E-state index >= 15 is 0 Å². The van der Waals surface area contributed by atoms with Gasteiger partial charge in [0.15, 0.2) is 0 Å². The Morgan fingerprint density at radius 2 is 2.00 bits per heavy atom. The fourth-order valence-electron chi connectivity index (χ4n) is 2.97. The lowest BCUT2D eigenvalue weighted by molar-refractivity contribution is -0.128. The van der Waals surface area contributed by atoms with Gasteiger partial charge in [-0.05, 0) is 39.2 Å². The van der Waals surface area contributed by atoms with Crippen LogP contribution in [0.25, 0.3) is 0 Å². The van der Waals surface area contributed by atoms with Crippen molar-refractivity contribution in [1.29, 1.82) is 0 Å². The van der Waals surface area contributed by atoms with Gasteiger partial charge in [-0.2, -0.15) is 0 Å². The zero-order valence-corrected chi connectivity index (χ0v) is 16.4. The van der Waals surface area contributed by atoms with Gasteiger partial charge >= 0.3 is 6.09 Å². The summed E-state index contributed by atoms with van der Waals surface area (Å²) in [6.45, 7) is 6.79. The van der Waals surface area contributed by atoms with Crippen LogP contribution >= 0.6 is 0 Å². The molecule has 0 unspecified atom stereocenters. The highest BCUT2D eigenvalue weighted by atomic mass is 16.6. The molecule has 3 N–H and O–H groups in total. The summed E-state index contributed by atoms with van der Waals surface area (Å²) in [7, 11) is 0. The van der Waals surface area contributed by atoms with E-state index in [1.165, 1.54) is 0 Å². The molecule has 150 valence electrons. The molecular formula is C20H31N3O4. The van der Waals surface area contributed by atoms with Gasteiger partial charge < -0.3 is 20.1 Å². The van der Waals surface area contributed by atoms with Crippen molar-refractivity contribution in [1.82, 2.24) is 15.5 Å². The van der Waals surface area contributed by atoms with Crippen molar-refractivity contribution < 1.29 is 19.4 Å². The van der Waals surface area contributed by atoms with Gasteiger partial charge in [-0.1, -0.05) is 30.3 Å². The molecule has 7 heteroatoms.